The number of aromatic nitrogens is 7. The molecule has 0 aliphatic rings. The Morgan fingerprint density at radius 3 is 2.48 bits per heavy atom. The van der Waals surface area contributed by atoms with Crippen molar-refractivity contribution in [2.75, 3.05) is 27.2 Å². The number of H-pyrrole nitrogens is 1. The summed E-state index contributed by atoms with van der Waals surface area (Å²) in [6.07, 6.45) is 3.41. The lowest BCUT2D eigenvalue weighted by atomic mass is 9.96. The normalized spacial score (nSPS) is 12.7. The van der Waals surface area contributed by atoms with Gasteiger partial charge < -0.3 is 25.0 Å². The predicted octanol–water partition coefficient (Wildman–Crippen LogP) is 5.09. The summed E-state index contributed by atoms with van der Waals surface area (Å²) >= 11 is 0. The summed E-state index contributed by atoms with van der Waals surface area (Å²) in [5.74, 6) is -0.609. The Morgan fingerprint density at radius 1 is 1.04 bits per heavy atom. The molecule has 4 heterocycles. The second-order valence-corrected chi connectivity index (χ2v) is 13.7. The number of amides is 2. The Balaban J connectivity index is 1.36. The first kappa shape index (κ1) is 35.9. The Labute approximate surface area is 286 Å². The fraction of sp³-hybridized carbons (Fsp3) is 0.382. The SMILES string of the molecule is CN(C)C/C=C/C(=O)NCC(C)(C)n1cc(-c2nc3nccc(-c4ccc(CNC(=O)c5nc(C(C)(C)C)no5)c(C(F)(F)F)c4)c3[nH]2)cn1. The van der Waals surface area contributed by atoms with E-state index in [0.29, 0.717) is 47.0 Å². The number of benzene rings is 1. The van der Waals surface area contributed by atoms with Gasteiger partial charge in [-0.25, -0.2) is 9.97 Å². The third-order valence-electron chi connectivity index (χ3n) is 7.76. The quantitative estimate of drug-likeness (QED) is 0.160. The van der Waals surface area contributed by atoms with Crippen molar-refractivity contribution in [3.63, 3.8) is 0 Å². The van der Waals surface area contributed by atoms with Crippen molar-refractivity contribution in [3.8, 4) is 22.5 Å². The van der Waals surface area contributed by atoms with Crippen LogP contribution in [0.2, 0.25) is 0 Å². The van der Waals surface area contributed by atoms with Crippen LogP contribution in [-0.4, -0.2) is 78.8 Å². The number of imidazole rings is 1. The number of fused-ring (bicyclic) bond motifs is 1. The Morgan fingerprint density at radius 2 is 1.80 bits per heavy atom. The molecule has 0 fully saturated rings. The Hall–Kier alpha value is -5.38. The maximum absolute atomic E-state index is 14.3. The average Bonchev–Trinajstić information content (AvgIpc) is 3.82. The standard InChI is InChI=1S/C34H39F3N10O3/c1-32(2,3)31-44-30(50-45-31)29(49)39-16-21-11-10-20(15-24(21)34(35,36)37)23-12-13-38-28-26(23)42-27(43-28)22-17-41-47(18-22)33(4,5)19-40-25(48)9-8-14-46(6)7/h8-13,15,17-18H,14,16,19H2,1-7H3,(H,39,49)(H,40,48)(H,38,42,43)/b9-8+. The molecule has 0 spiro atoms. The van der Waals surface area contributed by atoms with Gasteiger partial charge in [-0.2, -0.15) is 23.3 Å². The molecule has 1 aromatic carbocycles. The number of nitrogens with zero attached hydrogens (tertiary/aromatic N) is 7. The highest BCUT2D eigenvalue weighted by molar-refractivity contribution is 5.92. The molecule has 16 heteroatoms. The van der Waals surface area contributed by atoms with Crippen molar-refractivity contribution in [1.29, 1.82) is 0 Å². The highest BCUT2D eigenvalue weighted by atomic mass is 19.4. The first-order chi connectivity index (χ1) is 23.4. The van der Waals surface area contributed by atoms with Crippen LogP contribution in [0, 0.1) is 0 Å². The summed E-state index contributed by atoms with van der Waals surface area (Å²) in [4.78, 5) is 43.0. The molecule has 0 aliphatic heterocycles. The van der Waals surface area contributed by atoms with Crippen LogP contribution in [0.1, 0.15) is 62.3 Å². The zero-order chi connectivity index (χ0) is 36.4. The second-order valence-electron chi connectivity index (χ2n) is 13.7. The monoisotopic (exact) mass is 692 g/mol. The van der Waals surface area contributed by atoms with Gasteiger partial charge in [0.05, 0.1) is 28.4 Å². The fourth-order valence-electron chi connectivity index (χ4n) is 4.91. The molecule has 2 amide bonds. The number of carbonyl (C=O) groups is 2. The zero-order valence-electron chi connectivity index (χ0n) is 28.8. The van der Waals surface area contributed by atoms with E-state index in [1.165, 1.54) is 18.3 Å². The molecule has 3 N–H and O–H groups in total. The number of likely N-dealkylation sites (N-methyl/N-ethyl adjacent to an activating group) is 1. The minimum atomic E-state index is -4.71. The van der Waals surface area contributed by atoms with Gasteiger partial charge in [0.25, 0.3) is 0 Å². The maximum Gasteiger partial charge on any atom is 0.416 e. The molecule has 13 nitrogen and oxygen atoms in total. The van der Waals surface area contributed by atoms with Crippen molar-refractivity contribution < 1.29 is 27.3 Å². The van der Waals surface area contributed by atoms with Crippen molar-refractivity contribution in [3.05, 3.63) is 77.9 Å². The first-order valence-corrected chi connectivity index (χ1v) is 15.7. The van der Waals surface area contributed by atoms with Crippen LogP contribution in [0.3, 0.4) is 0 Å². The number of halogens is 3. The summed E-state index contributed by atoms with van der Waals surface area (Å²) in [7, 11) is 3.82. The van der Waals surface area contributed by atoms with Crippen molar-refractivity contribution in [1.82, 2.24) is 50.4 Å². The third kappa shape index (κ3) is 8.25. The molecular formula is C34H39F3N10O3. The summed E-state index contributed by atoms with van der Waals surface area (Å²) < 4.78 is 49.7. The molecule has 0 radical (unpaired) electrons. The van der Waals surface area contributed by atoms with E-state index in [1.54, 1.807) is 35.3 Å². The Bertz CT molecular complexity index is 2030. The van der Waals surface area contributed by atoms with Crippen LogP contribution in [0.25, 0.3) is 33.7 Å². The zero-order valence-corrected chi connectivity index (χ0v) is 28.8. The summed E-state index contributed by atoms with van der Waals surface area (Å²) in [6.45, 7) is 9.89. The Kier molecular flexibility index (Phi) is 9.95. The largest absolute Gasteiger partial charge is 0.416 e. The molecule has 5 rings (SSSR count). The van der Waals surface area contributed by atoms with E-state index in [9.17, 15) is 22.8 Å². The first-order valence-electron chi connectivity index (χ1n) is 15.7. The number of hydrogen-bond donors (Lipinski definition) is 3. The number of carbonyl (C=O) groups excluding carboxylic acids is 2. The maximum atomic E-state index is 14.3. The van der Waals surface area contributed by atoms with Crippen molar-refractivity contribution in [2.24, 2.45) is 0 Å². The van der Waals surface area contributed by atoms with Crippen LogP contribution in [-0.2, 0) is 28.5 Å². The van der Waals surface area contributed by atoms with Crippen LogP contribution >= 0.6 is 0 Å². The number of rotatable bonds is 11. The molecule has 0 unspecified atom stereocenters. The molecular weight excluding hydrogens is 653 g/mol. The van der Waals surface area contributed by atoms with Crippen LogP contribution < -0.4 is 10.6 Å². The van der Waals surface area contributed by atoms with Crippen LogP contribution in [0.4, 0.5) is 13.2 Å². The number of pyridine rings is 1. The van der Waals surface area contributed by atoms with Crippen molar-refractivity contribution in [2.45, 2.75) is 58.3 Å². The topological polar surface area (TPSA) is 160 Å². The fourth-order valence-corrected chi connectivity index (χ4v) is 4.91. The van der Waals surface area contributed by atoms with E-state index < -0.39 is 35.1 Å². The second kappa shape index (κ2) is 13.9. The van der Waals surface area contributed by atoms with Gasteiger partial charge in [-0.3, -0.25) is 14.3 Å². The number of nitrogens with one attached hydrogen (secondary N) is 3. The van der Waals surface area contributed by atoms with Gasteiger partial charge in [0.15, 0.2) is 11.5 Å². The average molecular weight is 693 g/mol. The van der Waals surface area contributed by atoms with Gasteiger partial charge in [-0.15, -0.1) is 0 Å². The van der Waals surface area contributed by atoms with E-state index in [1.807, 2.05) is 53.6 Å². The molecule has 0 aliphatic carbocycles. The van der Waals surface area contributed by atoms with Gasteiger partial charge in [-0.1, -0.05) is 44.1 Å². The van der Waals surface area contributed by atoms with E-state index in [-0.39, 0.29) is 22.9 Å². The molecule has 264 valence electrons. The lowest BCUT2D eigenvalue weighted by molar-refractivity contribution is -0.138. The smallest absolute Gasteiger partial charge is 0.350 e. The minimum absolute atomic E-state index is 0.142. The number of aromatic amines is 1. The molecule has 4 aromatic heterocycles. The lowest BCUT2D eigenvalue weighted by Gasteiger charge is -2.25. The highest BCUT2D eigenvalue weighted by Gasteiger charge is 2.34. The van der Waals surface area contributed by atoms with Gasteiger partial charge in [0, 0.05) is 49.1 Å². The highest BCUT2D eigenvalue weighted by Crippen LogP contribution is 2.37. The lowest BCUT2D eigenvalue weighted by Crippen LogP contribution is -2.40. The molecule has 0 atom stereocenters. The van der Waals surface area contributed by atoms with Gasteiger partial charge in [-0.05, 0) is 51.2 Å². The summed E-state index contributed by atoms with van der Waals surface area (Å²) in [5.41, 5.74) is -0.0285. The minimum Gasteiger partial charge on any atom is -0.350 e. The molecule has 50 heavy (non-hydrogen) atoms. The molecule has 0 saturated carbocycles. The predicted molar refractivity (Wildman–Crippen MR) is 180 cm³/mol. The third-order valence-corrected chi connectivity index (χ3v) is 7.76. The number of alkyl halides is 3. The van der Waals surface area contributed by atoms with Crippen LogP contribution in [0.15, 0.2) is 59.5 Å². The van der Waals surface area contributed by atoms with Crippen LogP contribution in [0.5, 0.6) is 0 Å². The molecule has 0 saturated heterocycles. The van der Waals surface area contributed by atoms with Gasteiger partial charge in [0.1, 0.15) is 5.82 Å². The van der Waals surface area contributed by atoms with Crippen molar-refractivity contribution >= 4 is 23.0 Å². The van der Waals surface area contributed by atoms with Gasteiger partial charge >= 0.3 is 18.0 Å². The van der Waals surface area contributed by atoms with E-state index in [4.69, 9.17) is 4.52 Å². The van der Waals surface area contributed by atoms with E-state index in [2.05, 4.69) is 40.8 Å². The number of hydrogen-bond acceptors (Lipinski definition) is 9. The summed E-state index contributed by atoms with van der Waals surface area (Å²) in [6, 6.07) is 5.50. The summed E-state index contributed by atoms with van der Waals surface area (Å²) in [5, 5.41) is 13.6. The van der Waals surface area contributed by atoms with E-state index in [0.717, 1.165) is 6.07 Å². The molecule has 5 aromatic rings. The van der Waals surface area contributed by atoms with E-state index >= 15 is 0 Å². The molecule has 0 bridgehead atoms. The van der Waals surface area contributed by atoms with Gasteiger partial charge in [0.2, 0.25) is 5.91 Å².